The zero-order valence-electron chi connectivity index (χ0n) is 17.4. The Kier molecular flexibility index (Phi) is 8.02. The van der Waals surface area contributed by atoms with Gasteiger partial charge in [0, 0.05) is 12.5 Å². The molecule has 0 aliphatic heterocycles. The summed E-state index contributed by atoms with van der Waals surface area (Å²) in [4.78, 5) is 12.5. The Bertz CT molecular complexity index is 973. The highest BCUT2D eigenvalue weighted by Crippen LogP contribution is 2.23. The number of hydrogen-bond acceptors (Lipinski definition) is 7. The molecule has 2 rings (SSSR count). The molecule has 166 valence electrons. The summed E-state index contributed by atoms with van der Waals surface area (Å²) < 4.78 is 52.7. The van der Waals surface area contributed by atoms with Gasteiger partial charge in [0.25, 0.3) is 0 Å². The minimum atomic E-state index is -3.64. The van der Waals surface area contributed by atoms with Crippen molar-refractivity contribution in [3.63, 3.8) is 0 Å². The third kappa shape index (κ3) is 7.45. The fraction of sp³-hybridized carbons (Fsp3) is 0.526. The van der Waals surface area contributed by atoms with Crippen molar-refractivity contribution in [2.75, 3.05) is 22.9 Å². The van der Waals surface area contributed by atoms with Crippen LogP contribution in [0.1, 0.15) is 44.5 Å². The molecule has 0 radical (unpaired) electrons. The van der Waals surface area contributed by atoms with Crippen LogP contribution in [0.15, 0.2) is 18.2 Å². The summed E-state index contributed by atoms with van der Waals surface area (Å²) in [6.45, 7) is 5.56. The predicted octanol–water partition coefficient (Wildman–Crippen LogP) is 2.69. The van der Waals surface area contributed by atoms with E-state index in [9.17, 15) is 22.3 Å². The van der Waals surface area contributed by atoms with E-state index < -0.39 is 27.6 Å². The summed E-state index contributed by atoms with van der Waals surface area (Å²) in [5.74, 6) is -1.33. The van der Waals surface area contributed by atoms with Gasteiger partial charge in [0.15, 0.2) is 0 Å². The number of halogens is 2. The second kappa shape index (κ2) is 10.1. The van der Waals surface area contributed by atoms with Crippen molar-refractivity contribution in [3.8, 4) is 0 Å². The van der Waals surface area contributed by atoms with Crippen molar-refractivity contribution in [2.24, 2.45) is 5.92 Å². The van der Waals surface area contributed by atoms with Crippen molar-refractivity contribution in [1.82, 2.24) is 15.0 Å². The van der Waals surface area contributed by atoms with Crippen molar-refractivity contribution in [1.29, 1.82) is 0 Å². The highest BCUT2D eigenvalue weighted by atomic mass is 32.2. The third-order valence-electron chi connectivity index (χ3n) is 4.25. The summed E-state index contributed by atoms with van der Waals surface area (Å²) in [7, 11) is -3.64. The molecule has 0 saturated carbocycles. The molecule has 0 bridgehead atoms. The van der Waals surface area contributed by atoms with E-state index >= 15 is 0 Å². The maximum Gasteiger partial charge on any atom is 0.241 e. The smallest absolute Gasteiger partial charge is 0.241 e. The molecular weight excluding hydrogens is 416 g/mol. The number of nitrogens with one attached hydrogen (secondary N) is 2. The highest BCUT2D eigenvalue weighted by Gasteiger charge is 2.18. The van der Waals surface area contributed by atoms with Crippen molar-refractivity contribution in [2.45, 2.75) is 45.6 Å². The summed E-state index contributed by atoms with van der Waals surface area (Å²) in [6, 6.07) is 3.00. The molecule has 0 aliphatic rings. The van der Waals surface area contributed by atoms with Crippen LogP contribution in [0, 0.1) is 17.6 Å². The first-order valence-corrected chi connectivity index (χ1v) is 11.4. The Morgan fingerprint density at radius 2 is 1.77 bits per heavy atom. The molecule has 1 aromatic heterocycles. The number of aromatic nitrogens is 3. The average Bonchev–Trinajstić information content (AvgIpc) is 2.58. The molecule has 1 aromatic carbocycles. The third-order valence-corrected chi connectivity index (χ3v) is 4.80. The molecule has 0 spiro atoms. The summed E-state index contributed by atoms with van der Waals surface area (Å²) in [5, 5.41) is 12.6. The van der Waals surface area contributed by atoms with Crippen LogP contribution in [0.3, 0.4) is 0 Å². The molecule has 2 aromatic rings. The molecule has 0 saturated heterocycles. The zero-order valence-corrected chi connectivity index (χ0v) is 18.2. The zero-order chi connectivity index (χ0) is 22.5. The minimum Gasteiger partial charge on any atom is -0.394 e. The lowest BCUT2D eigenvalue weighted by Gasteiger charge is -2.19. The second-order valence-electron chi connectivity index (χ2n) is 7.70. The van der Waals surface area contributed by atoms with Gasteiger partial charge in [-0.25, -0.2) is 17.2 Å². The Labute approximate surface area is 175 Å². The standard InChI is InChI=1S/C19H27F2N5O3S/c1-11(2)7-14(10-27)22-18-23-17(24-19(25-18)26-30(4,28)29)8-12(3)15-6-5-13(20)9-16(15)21/h5-6,9,11-12,14,27H,7-8,10H2,1-4H3,(H2,22,23,24,25,26)/t12-,14-/m1/s1. The first-order valence-electron chi connectivity index (χ1n) is 9.52. The van der Waals surface area contributed by atoms with Crippen LogP contribution >= 0.6 is 0 Å². The minimum absolute atomic E-state index is 0.0950. The van der Waals surface area contributed by atoms with E-state index in [-0.39, 0.29) is 42.4 Å². The molecule has 0 fully saturated rings. The largest absolute Gasteiger partial charge is 0.394 e. The molecule has 3 N–H and O–H groups in total. The van der Waals surface area contributed by atoms with Crippen LogP contribution in [0.5, 0.6) is 0 Å². The van der Waals surface area contributed by atoms with E-state index in [2.05, 4.69) is 25.0 Å². The van der Waals surface area contributed by atoms with E-state index in [1.165, 1.54) is 12.1 Å². The number of nitrogens with zero attached hydrogens (tertiary/aromatic N) is 3. The molecule has 8 nitrogen and oxygen atoms in total. The van der Waals surface area contributed by atoms with Gasteiger partial charge in [-0.1, -0.05) is 26.8 Å². The van der Waals surface area contributed by atoms with Crippen LogP contribution < -0.4 is 10.0 Å². The van der Waals surface area contributed by atoms with Gasteiger partial charge in [0.1, 0.15) is 17.5 Å². The van der Waals surface area contributed by atoms with Crippen LogP contribution in [-0.4, -0.2) is 47.4 Å². The number of aliphatic hydroxyl groups excluding tert-OH is 1. The van der Waals surface area contributed by atoms with Crippen LogP contribution in [0.2, 0.25) is 0 Å². The van der Waals surface area contributed by atoms with Crippen molar-refractivity contribution < 1.29 is 22.3 Å². The summed E-state index contributed by atoms with van der Waals surface area (Å²) >= 11 is 0. The van der Waals surface area contributed by atoms with Crippen LogP contribution in [0.25, 0.3) is 0 Å². The Morgan fingerprint density at radius 1 is 1.10 bits per heavy atom. The highest BCUT2D eigenvalue weighted by molar-refractivity contribution is 7.91. The van der Waals surface area contributed by atoms with Gasteiger partial charge >= 0.3 is 0 Å². The average molecular weight is 444 g/mol. The Hall–Kier alpha value is -2.40. The molecule has 0 amide bonds. The fourth-order valence-electron chi connectivity index (χ4n) is 3.00. The lowest BCUT2D eigenvalue weighted by molar-refractivity contribution is 0.259. The molecule has 0 unspecified atom stereocenters. The number of anilines is 2. The topological polar surface area (TPSA) is 117 Å². The van der Waals surface area contributed by atoms with E-state index in [4.69, 9.17) is 0 Å². The van der Waals surface area contributed by atoms with E-state index in [1.54, 1.807) is 6.92 Å². The molecule has 1 heterocycles. The first-order chi connectivity index (χ1) is 14.0. The van der Waals surface area contributed by atoms with Gasteiger partial charge in [-0.15, -0.1) is 0 Å². The number of benzene rings is 1. The Morgan fingerprint density at radius 3 is 2.33 bits per heavy atom. The summed E-state index contributed by atoms with van der Waals surface area (Å²) in [5.41, 5.74) is 0.289. The van der Waals surface area contributed by atoms with Gasteiger partial charge in [0.2, 0.25) is 21.9 Å². The van der Waals surface area contributed by atoms with Crippen LogP contribution in [-0.2, 0) is 16.4 Å². The van der Waals surface area contributed by atoms with Crippen molar-refractivity contribution in [3.05, 3.63) is 41.2 Å². The van der Waals surface area contributed by atoms with Gasteiger partial charge in [-0.05, 0) is 29.9 Å². The quantitative estimate of drug-likeness (QED) is 0.517. The van der Waals surface area contributed by atoms with Crippen molar-refractivity contribution >= 4 is 21.9 Å². The van der Waals surface area contributed by atoms with Crippen LogP contribution in [0.4, 0.5) is 20.7 Å². The first kappa shape index (κ1) is 23.9. The molecule has 0 aliphatic carbocycles. The van der Waals surface area contributed by atoms with E-state index in [1.807, 2.05) is 13.8 Å². The van der Waals surface area contributed by atoms with Gasteiger partial charge < -0.3 is 10.4 Å². The monoisotopic (exact) mass is 443 g/mol. The number of aliphatic hydroxyl groups is 1. The molecule has 30 heavy (non-hydrogen) atoms. The van der Waals surface area contributed by atoms with Gasteiger partial charge in [-0.2, -0.15) is 15.0 Å². The fourth-order valence-corrected chi connectivity index (χ4v) is 3.43. The second-order valence-corrected chi connectivity index (χ2v) is 9.45. The number of rotatable bonds is 10. The molecule has 2 atom stereocenters. The normalized spacial score (nSPS) is 13.9. The molecule has 11 heteroatoms. The number of sulfonamides is 1. The predicted molar refractivity (Wildman–Crippen MR) is 111 cm³/mol. The SMILES string of the molecule is CC(C)C[C@H](CO)Nc1nc(C[C@@H](C)c2ccc(F)cc2F)nc(NS(C)(=O)=O)n1. The lowest BCUT2D eigenvalue weighted by atomic mass is 9.97. The van der Waals surface area contributed by atoms with Gasteiger partial charge in [-0.3, -0.25) is 4.72 Å². The Balaban J connectivity index is 2.33. The number of hydrogen-bond donors (Lipinski definition) is 3. The lowest BCUT2D eigenvalue weighted by Crippen LogP contribution is -2.27. The van der Waals surface area contributed by atoms with E-state index in [0.717, 1.165) is 12.3 Å². The van der Waals surface area contributed by atoms with E-state index in [0.29, 0.717) is 12.3 Å². The van der Waals surface area contributed by atoms with Gasteiger partial charge in [0.05, 0.1) is 18.9 Å². The maximum atomic E-state index is 14.1. The maximum absolute atomic E-state index is 14.1. The molecular formula is C19H27F2N5O3S. The summed E-state index contributed by atoms with van der Waals surface area (Å²) in [6.07, 6.45) is 1.77.